The van der Waals surface area contributed by atoms with E-state index < -0.39 is 26.9 Å². The molecule has 31 heteroatoms. The van der Waals surface area contributed by atoms with Crippen LogP contribution in [-0.2, 0) is 19.2 Å². The van der Waals surface area contributed by atoms with Gasteiger partial charge in [0.25, 0.3) is 0 Å². The summed E-state index contributed by atoms with van der Waals surface area (Å²) in [4.78, 5) is 32.5. The van der Waals surface area contributed by atoms with E-state index in [2.05, 4.69) is 18.3 Å². The minimum Gasteiger partial charge on any atom is -0.870 e. The molecule has 0 radical (unpaired) electrons. The Balaban J connectivity index is -0.00000000439. The van der Waals surface area contributed by atoms with Gasteiger partial charge in [-0.1, -0.05) is 6.47 Å². The van der Waals surface area contributed by atoms with E-state index in [1.165, 1.54) is 12.9 Å². The van der Waals surface area contributed by atoms with Gasteiger partial charge in [-0.3, -0.25) is 0 Å². The topological polar surface area (TPSA) is 552 Å². The molecular formula is C10H35Ca3Na3O25-2. The number of carbonyl (C=O) groups is 3. The van der Waals surface area contributed by atoms with E-state index in [-0.39, 0.29) is 247 Å². The molecule has 0 saturated heterocycles. The summed E-state index contributed by atoms with van der Waals surface area (Å²) in [5.74, 6) is 0. The maximum absolute atomic E-state index is 8.49. The first-order valence-corrected chi connectivity index (χ1v) is 5.07. The van der Waals surface area contributed by atoms with E-state index in [0.29, 0.717) is 6.47 Å². The predicted octanol–water partition coefficient (Wildman–Crippen LogP) is -18.0. The Kier molecular flexibility index (Phi) is 1530. The van der Waals surface area contributed by atoms with Gasteiger partial charge >= 0.3 is 202 Å². The minimum atomic E-state index is -1.00. The molecule has 2 aromatic rings. The second kappa shape index (κ2) is 376. The van der Waals surface area contributed by atoms with E-state index in [4.69, 9.17) is 65.1 Å². The fraction of sp³-hybridized carbons (Fsp3) is 0.400. The van der Waals surface area contributed by atoms with E-state index >= 15 is 0 Å². The average Bonchev–Trinajstić information content (AvgIpc) is 3.54. The molecule has 0 aliphatic rings. The average molecular weight is 745 g/mol. The summed E-state index contributed by atoms with van der Waals surface area (Å²) in [5, 5.41) is 66.0. The minimum absolute atomic E-state index is 0. The van der Waals surface area contributed by atoms with Crippen LogP contribution in [0.3, 0.4) is 0 Å². The van der Waals surface area contributed by atoms with Gasteiger partial charge in [0, 0.05) is 27.9 Å². The number of hydrogen-bond acceptors (Lipinski definition) is 22. The van der Waals surface area contributed by atoms with Gasteiger partial charge in [0.15, 0.2) is 0 Å². The third-order valence-corrected chi connectivity index (χ3v) is 0.192. The normalized spacial score (nSPS) is 3.41. The molecule has 0 fully saturated rings. The second-order valence-corrected chi connectivity index (χ2v) is 1.18. The summed E-state index contributed by atoms with van der Waals surface area (Å²) < 4.78 is 15.5. The van der Waals surface area contributed by atoms with Crippen LogP contribution >= 0.6 is 0 Å². The molecule has 0 spiro atoms. The smallest absolute Gasteiger partial charge is 0.870 e. The predicted molar refractivity (Wildman–Crippen MR) is 114 cm³/mol. The first-order chi connectivity index (χ1) is 13.1. The molecular weight excluding hydrogens is 709 g/mol. The van der Waals surface area contributed by atoms with Crippen LogP contribution in [0.1, 0.15) is 1.43 Å². The largest absolute Gasteiger partial charge is 2.00 e. The quantitative estimate of drug-likeness (QED) is 0.0433. The van der Waals surface area contributed by atoms with Crippen molar-refractivity contribution in [2.24, 2.45) is 0 Å². The molecule has 0 aromatic carbocycles. The molecule has 0 amide bonds. The van der Waals surface area contributed by atoms with Crippen LogP contribution < -0.4 is 98.9 Å². The third-order valence-electron chi connectivity index (χ3n) is 0.192. The Labute approximate surface area is 390 Å². The van der Waals surface area contributed by atoms with Gasteiger partial charge < -0.3 is 127 Å². The fourth-order valence-electron chi connectivity index (χ4n) is 0. The van der Waals surface area contributed by atoms with Gasteiger partial charge in [0.1, 0.15) is 27.2 Å². The molecule has 2 aromatic heterocycles. The molecule has 0 aliphatic heterocycles. The van der Waals surface area contributed by atoms with Crippen LogP contribution in [0.2, 0.25) is 0 Å². The van der Waals surface area contributed by atoms with Crippen LogP contribution in [0.4, 0.5) is 0 Å². The van der Waals surface area contributed by atoms with Crippen molar-refractivity contribution in [1.29, 1.82) is 0 Å². The maximum Gasteiger partial charge on any atom is 2.00 e. The molecule has 0 aliphatic carbocycles. The Hall–Kier alpha value is 3.40. The van der Waals surface area contributed by atoms with Crippen LogP contribution in [0.5, 0.6) is 0 Å². The molecule has 0 atom stereocenters. The SMILES string of the molecule is C=O.C=O.CO.O.O.O=C[O-].O=[C-]O.OCO.OCO.[Ca+2].[Ca+2].[Ca+2].[HH].[Na+].[Na+].[Na+].[O-]CO.[OH-].[OH-].[OH-].[OH-].[OH-].[OH-].[cH-]1oo1.[cH-]1oo1. The zero-order valence-electron chi connectivity index (χ0n) is 22.8. The molecule has 0 saturated carbocycles. The summed E-state index contributed by atoms with van der Waals surface area (Å²) in [5.41, 5.74) is 0. The van der Waals surface area contributed by atoms with Gasteiger partial charge in [-0.2, -0.15) is 0 Å². The Morgan fingerprint density at radius 3 is 0.732 bits per heavy atom. The molecule has 25 nitrogen and oxygen atoms in total. The van der Waals surface area contributed by atoms with E-state index in [1.807, 2.05) is 13.6 Å². The summed E-state index contributed by atoms with van der Waals surface area (Å²) in [6.07, 6.45) is 0. The zero-order chi connectivity index (χ0) is 23.8. The number of carbonyl (C=O) groups excluding carboxylic acids is 3. The number of hydrogen-bond donors (Lipinski definition) is 7. The van der Waals surface area contributed by atoms with Crippen molar-refractivity contribution in [2.45, 2.75) is 0 Å². The van der Waals surface area contributed by atoms with E-state index in [0.717, 1.165) is 7.11 Å². The van der Waals surface area contributed by atoms with Crippen molar-refractivity contribution in [1.82, 2.24) is 0 Å². The molecule has 0 unspecified atom stereocenters. The van der Waals surface area contributed by atoms with Crippen molar-refractivity contribution < 1.29 is 217 Å². The van der Waals surface area contributed by atoms with Gasteiger partial charge in [-0.15, -0.1) is 0 Å². The molecule has 2 rings (SSSR count). The summed E-state index contributed by atoms with van der Waals surface area (Å²) in [7, 11) is 1.00. The van der Waals surface area contributed by atoms with Crippen molar-refractivity contribution in [3.63, 3.8) is 0 Å². The third kappa shape index (κ3) is 2550. The van der Waals surface area contributed by atoms with Gasteiger partial charge in [0.05, 0.1) is 0 Å². The van der Waals surface area contributed by atoms with E-state index in [1.54, 1.807) is 0 Å². The van der Waals surface area contributed by atoms with Crippen LogP contribution in [0.25, 0.3) is 0 Å². The maximum atomic E-state index is 8.49. The second-order valence-electron chi connectivity index (χ2n) is 1.18. The Morgan fingerprint density at radius 1 is 0.707 bits per heavy atom. The fourth-order valence-corrected chi connectivity index (χ4v) is 0. The number of aliphatic hydroxyl groups is 6. The van der Waals surface area contributed by atoms with Crippen molar-refractivity contribution in [2.75, 3.05) is 27.5 Å². The summed E-state index contributed by atoms with van der Waals surface area (Å²) in [6.45, 7) is 4.00. The van der Waals surface area contributed by atoms with Gasteiger partial charge in [-0.05, 0) is 6.79 Å². The standard InChI is InChI=1S/2CHO2.2CH4O2.CH3O2.CH2O2.CHO2.CH4O.2CH2O.3Ca.3Na.8H2O.H2/c2*1-2-3-1;5*2-1-3;3*1-2;;;;;;;;;;;;;;;/h2*1H;2*2-3H,1H2;2H,1H2;1H,(H,2,3);(H,2,3);2H,1H3;2*1H2;;;;;;;8*1H2;1H/q2*-1;;;-1;;-1;;;;3*+2;3*+1;;;;;;;;;/p-7. The van der Waals surface area contributed by atoms with Gasteiger partial charge in [-0.25, -0.2) is 0 Å². The monoisotopic (exact) mass is 744 g/mol. The molecule has 17 N–H and O–H groups in total. The number of aliphatic hydroxyl groups excluding tert-OH is 5. The van der Waals surface area contributed by atoms with Crippen LogP contribution in [0.15, 0.2) is 31.2 Å². The van der Waals surface area contributed by atoms with E-state index in [9.17, 15) is 0 Å². The number of rotatable bonds is 0. The van der Waals surface area contributed by atoms with Crippen molar-refractivity contribution in [3.8, 4) is 0 Å². The van der Waals surface area contributed by atoms with Gasteiger partial charge in [0.2, 0.25) is 0 Å². The molecule has 2 heterocycles. The van der Waals surface area contributed by atoms with Crippen molar-refractivity contribution in [3.05, 3.63) is 12.9 Å². The molecule has 236 valence electrons. The Bertz CT molecular complexity index is 251. The van der Waals surface area contributed by atoms with Crippen LogP contribution in [0, 0.1) is 0 Å². The van der Waals surface area contributed by atoms with Crippen molar-refractivity contribution >= 4 is 140 Å². The summed E-state index contributed by atoms with van der Waals surface area (Å²) >= 11 is 0. The molecule has 0 bridgehead atoms. The Morgan fingerprint density at radius 2 is 0.732 bits per heavy atom. The first-order valence-electron chi connectivity index (χ1n) is 5.07. The molecule has 41 heavy (non-hydrogen) atoms. The summed E-state index contributed by atoms with van der Waals surface area (Å²) in [6, 6.07) is 0. The first kappa shape index (κ1) is 167. The number of carboxylic acid groups (broad SMARTS) is 1. The van der Waals surface area contributed by atoms with Crippen LogP contribution in [-0.4, -0.2) is 247 Å². The zero-order valence-corrected chi connectivity index (χ0v) is 35.4.